The second-order valence-corrected chi connectivity index (χ2v) is 7.21. The molecule has 1 aromatic heterocycles. The molecule has 1 amide bonds. The van der Waals surface area contributed by atoms with E-state index in [0.29, 0.717) is 12.1 Å². The number of amides is 1. The van der Waals surface area contributed by atoms with Gasteiger partial charge in [0, 0.05) is 31.3 Å². The SMILES string of the molecule is Cc1ccc(-c2ccc(C(=O)N(C)Cc3cccc(CN(C)C)c3)cc2)o1. The van der Waals surface area contributed by atoms with Crippen LogP contribution in [0.1, 0.15) is 27.2 Å². The molecule has 0 N–H and O–H groups in total. The molecule has 0 bridgehead atoms. The van der Waals surface area contributed by atoms with E-state index in [4.69, 9.17) is 4.42 Å². The maximum atomic E-state index is 12.8. The molecule has 0 spiro atoms. The smallest absolute Gasteiger partial charge is 0.253 e. The van der Waals surface area contributed by atoms with Gasteiger partial charge in [-0.2, -0.15) is 0 Å². The zero-order valence-electron chi connectivity index (χ0n) is 16.4. The van der Waals surface area contributed by atoms with Gasteiger partial charge < -0.3 is 14.2 Å². The van der Waals surface area contributed by atoms with Crippen molar-refractivity contribution in [2.75, 3.05) is 21.1 Å². The van der Waals surface area contributed by atoms with Crippen molar-refractivity contribution in [1.82, 2.24) is 9.80 Å². The lowest BCUT2D eigenvalue weighted by atomic mass is 10.1. The van der Waals surface area contributed by atoms with Gasteiger partial charge in [-0.25, -0.2) is 0 Å². The van der Waals surface area contributed by atoms with Gasteiger partial charge in [0.05, 0.1) is 0 Å². The van der Waals surface area contributed by atoms with Crippen molar-refractivity contribution in [2.45, 2.75) is 20.0 Å². The third-order valence-corrected chi connectivity index (χ3v) is 4.41. The minimum atomic E-state index is 0.00943. The van der Waals surface area contributed by atoms with Crippen LogP contribution in [0.2, 0.25) is 0 Å². The molecule has 0 saturated carbocycles. The van der Waals surface area contributed by atoms with E-state index in [2.05, 4.69) is 37.2 Å². The van der Waals surface area contributed by atoms with Crippen LogP contribution in [0.3, 0.4) is 0 Å². The molecule has 3 rings (SSSR count). The van der Waals surface area contributed by atoms with Crippen LogP contribution in [0.15, 0.2) is 65.1 Å². The van der Waals surface area contributed by atoms with E-state index in [0.717, 1.165) is 29.2 Å². The highest BCUT2D eigenvalue weighted by Gasteiger charge is 2.13. The van der Waals surface area contributed by atoms with Crippen LogP contribution in [0.5, 0.6) is 0 Å². The number of carbonyl (C=O) groups is 1. The number of hydrogen-bond acceptors (Lipinski definition) is 3. The summed E-state index contributed by atoms with van der Waals surface area (Å²) in [5.74, 6) is 1.70. The molecular formula is C23H26N2O2. The van der Waals surface area contributed by atoms with Crippen LogP contribution in [0.25, 0.3) is 11.3 Å². The van der Waals surface area contributed by atoms with Gasteiger partial charge >= 0.3 is 0 Å². The number of benzene rings is 2. The van der Waals surface area contributed by atoms with Crippen molar-refractivity contribution < 1.29 is 9.21 Å². The highest BCUT2D eigenvalue weighted by molar-refractivity contribution is 5.94. The fraction of sp³-hybridized carbons (Fsp3) is 0.261. The van der Waals surface area contributed by atoms with Crippen molar-refractivity contribution in [3.8, 4) is 11.3 Å². The van der Waals surface area contributed by atoms with Crippen LogP contribution >= 0.6 is 0 Å². The summed E-state index contributed by atoms with van der Waals surface area (Å²) in [4.78, 5) is 16.6. The minimum Gasteiger partial charge on any atom is -0.461 e. The Kier molecular flexibility index (Phi) is 5.77. The molecule has 27 heavy (non-hydrogen) atoms. The molecule has 0 unspecified atom stereocenters. The summed E-state index contributed by atoms with van der Waals surface area (Å²) in [6.45, 7) is 3.39. The first-order chi connectivity index (χ1) is 12.9. The average molecular weight is 362 g/mol. The van der Waals surface area contributed by atoms with E-state index in [9.17, 15) is 4.79 Å². The average Bonchev–Trinajstić information content (AvgIpc) is 3.07. The van der Waals surface area contributed by atoms with Gasteiger partial charge in [0.2, 0.25) is 0 Å². The Labute approximate surface area is 161 Å². The summed E-state index contributed by atoms with van der Waals surface area (Å²) in [6.07, 6.45) is 0. The van der Waals surface area contributed by atoms with Crippen molar-refractivity contribution in [2.24, 2.45) is 0 Å². The van der Waals surface area contributed by atoms with Crippen LogP contribution in [-0.2, 0) is 13.1 Å². The summed E-state index contributed by atoms with van der Waals surface area (Å²) >= 11 is 0. The first-order valence-electron chi connectivity index (χ1n) is 9.07. The second-order valence-electron chi connectivity index (χ2n) is 7.21. The van der Waals surface area contributed by atoms with E-state index < -0.39 is 0 Å². The predicted molar refractivity (Wildman–Crippen MR) is 109 cm³/mol. The lowest BCUT2D eigenvalue weighted by Crippen LogP contribution is -2.26. The molecule has 2 aromatic carbocycles. The number of furan rings is 1. The molecule has 0 aliphatic rings. The maximum Gasteiger partial charge on any atom is 0.253 e. The lowest BCUT2D eigenvalue weighted by molar-refractivity contribution is 0.0785. The fourth-order valence-corrected chi connectivity index (χ4v) is 3.12. The first kappa shape index (κ1) is 18.9. The molecule has 140 valence electrons. The second kappa shape index (κ2) is 8.23. The standard InChI is InChI=1S/C23H26N2O2/c1-17-8-13-22(27-17)20-9-11-21(12-10-20)23(26)25(4)16-19-7-5-6-18(14-19)15-24(2)3/h5-14H,15-16H2,1-4H3. The third kappa shape index (κ3) is 4.86. The highest BCUT2D eigenvalue weighted by Crippen LogP contribution is 2.22. The molecule has 1 heterocycles. The quantitative estimate of drug-likeness (QED) is 0.644. The Hall–Kier alpha value is -2.85. The highest BCUT2D eigenvalue weighted by atomic mass is 16.3. The zero-order chi connectivity index (χ0) is 19.4. The largest absolute Gasteiger partial charge is 0.461 e. The van der Waals surface area contributed by atoms with Gasteiger partial charge in [-0.15, -0.1) is 0 Å². The number of carbonyl (C=O) groups excluding carboxylic acids is 1. The van der Waals surface area contributed by atoms with Crippen LogP contribution < -0.4 is 0 Å². The summed E-state index contributed by atoms with van der Waals surface area (Å²) in [5, 5.41) is 0. The van der Waals surface area contributed by atoms with Gasteiger partial charge in [0.25, 0.3) is 5.91 Å². The van der Waals surface area contributed by atoms with Crippen LogP contribution in [-0.4, -0.2) is 36.9 Å². The molecular weight excluding hydrogens is 336 g/mol. The molecule has 0 fully saturated rings. The monoisotopic (exact) mass is 362 g/mol. The van der Waals surface area contributed by atoms with Crippen molar-refractivity contribution in [1.29, 1.82) is 0 Å². The number of rotatable bonds is 6. The van der Waals surface area contributed by atoms with Gasteiger partial charge in [-0.05, 0) is 56.4 Å². The Morgan fingerprint density at radius 3 is 2.15 bits per heavy atom. The van der Waals surface area contributed by atoms with Crippen molar-refractivity contribution in [3.63, 3.8) is 0 Å². The normalized spacial score (nSPS) is 11.0. The Balaban J connectivity index is 1.68. The molecule has 4 nitrogen and oxygen atoms in total. The molecule has 0 atom stereocenters. The third-order valence-electron chi connectivity index (χ3n) is 4.41. The Morgan fingerprint density at radius 2 is 1.56 bits per heavy atom. The van der Waals surface area contributed by atoms with Crippen molar-refractivity contribution >= 4 is 5.91 Å². The molecule has 3 aromatic rings. The van der Waals surface area contributed by atoms with E-state index in [1.807, 2.05) is 56.4 Å². The predicted octanol–water partition coefficient (Wildman–Crippen LogP) is 4.59. The molecule has 4 heteroatoms. The van der Waals surface area contributed by atoms with Gasteiger partial charge in [-0.1, -0.05) is 36.4 Å². The van der Waals surface area contributed by atoms with E-state index >= 15 is 0 Å². The number of aryl methyl sites for hydroxylation is 1. The maximum absolute atomic E-state index is 12.8. The fourth-order valence-electron chi connectivity index (χ4n) is 3.12. The van der Waals surface area contributed by atoms with E-state index in [-0.39, 0.29) is 5.91 Å². The Morgan fingerprint density at radius 1 is 0.889 bits per heavy atom. The number of nitrogens with zero attached hydrogens (tertiary/aromatic N) is 2. The molecule has 0 aliphatic heterocycles. The minimum absolute atomic E-state index is 0.00943. The lowest BCUT2D eigenvalue weighted by Gasteiger charge is -2.18. The van der Waals surface area contributed by atoms with Crippen molar-refractivity contribution in [3.05, 3.63) is 83.1 Å². The topological polar surface area (TPSA) is 36.7 Å². The summed E-state index contributed by atoms with van der Waals surface area (Å²) in [7, 11) is 5.94. The Bertz CT molecular complexity index is 910. The summed E-state index contributed by atoms with van der Waals surface area (Å²) < 4.78 is 5.64. The zero-order valence-corrected chi connectivity index (χ0v) is 16.4. The first-order valence-corrected chi connectivity index (χ1v) is 9.07. The summed E-state index contributed by atoms with van der Waals surface area (Å²) in [5.41, 5.74) is 4.02. The van der Waals surface area contributed by atoms with Crippen LogP contribution in [0.4, 0.5) is 0 Å². The van der Waals surface area contributed by atoms with Gasteiger partial charge in [0.1, 0.15) is 11.5 Å². The van der Waals surface area contributed by atoms with Gasteiger partial charge in [-0.3, -0.25) is 4.79 Å². The molecule has 0 saturated heterocycles. The van der Waals surface area contributed by atoms with E-state index in [1.54, 1.807) is 4.90 Å². The summed E-state index contributed by atoms with van der Waals surface area (Å²) in [6, 6.07) is 19.8. The molecule has 0 radical (unpaired) electrons. The molecule has 0 aliphatic carbocycles. The van der Waals surface area contributed by atoms with E-state index in [1.165, 1.54) is 5.56 Å². The van der Waals surface area contributed by atoms with Gasteiger partial charge in [0.15, 0.2) is 0 Å². The van der Waals surface area contributed by atoms with Crippen LogP contribution in [0, 0.1) is 6.92 Å². The number of hydrogen-bond donors (Lipinski definition) is 0.